The van der Waals surface area contributed by atoms with E-state index in [-0.39, 0.29) is 0 Å². The molecule has 1 nitrogen and oxygen atoms in total. The number of halogens is 1. The molecule has 19 heavy (non-hydrogen) atoms. The second kappa shape index (κ2) is 7.06. The summed E-state index contributed by atoms with van der Waals surface area (Å²) in [7, 11) is 0. The highest BCUT2D eigenvalue weighted by atomic mass is 79.9. The molecule has 102 valence electrons. The van der Waals surface area contributed by atoms with E-state index < -0.39 is 0 Å². The summed E-state index contributed by atoms with van der Waals surface area (Å²) in [6.07, 6.45) is 1.20. The maximum Gasteiger partial charge on any atom is 0.0242 e. The lowest BCUT2D eigenvalue weighted by Crippen LogP contribution is -2.31. The van der Waals surface area contributed by atoms with E-state index in [4.69, 9.17) is 0 Å². The van der Waals surface area contributed by atoms with E-state index in [2.05, 4.69) is 77.1 Å². The van der Waals surface area contributed by atoms with Crippen LogP contribution in [-0.2, 0) is 6.54 Å². The summed E-state index contributed by atoms with van der Waals surface area (Å²) in [4.78, 5) is 2.54. The number of hydrogen-bond donors (Lipinski definition) is 0. The second-order valence-corrected chi connectivity index (χ2v) is 6.04. The van der Waals surface area contributed by atoms with Crippen molar-refractivity contribution in [3.8, 4) is 0 Å². The van der Waals surface area contributed by atoms with Crippen LogP contribution < -0.4 is 0 Å². The zero-order valence-electron chi connectivity index (χ0n) is 11.8. The van der Waals surface area contributed by atoms with Crippen molar-refractivity contribution in [2.24, 2.45) is 0 Å². The largest absolute Gasteiger partial charge is 0.297 e. The molecule has 0 unspecified atom stereocenters. The molecule has 0 N–H and O–H groups in total. The molecule has 0 atom stereocenters. The Kier molecular flexibility index (Phi) is 5.41. The minimum atomic E-state index is 0.581. The van der Waals surface area contributed by atoms with Gasteiger partial charge in [-0.1, -0.05) is 58.4 Å². The summed E-state index contributed by atoms with van der Waals surface area (Å²) >= 11 is 3.53. The van der Waals surface area contributed by atoms with Gasteiger partial charge < -0.3 is 0 Å². The molecule has 0 aliphatic carbocycles. The topological polar surface area (TPSA) is 3.24 Å². The van der Waals surface area contributed by atoms with Crippen molar-refractivity contribution in [3.63, 3.8) is 0 Å². The van der Waals surface area contributed by atoms with Gasteiger partial charge in [0.05, 0.1) is 0 Å². The van der Waals surface area contributed by atoms with Crippen LogP contribution in [0.4, 0.5) is 0 Å². The molecule has 0 spiro atoms. The van der Waals surface area contributed by atoms with Gasteiger partial charge in [-0.25, -0.2) is 0 Å². The molecule has 2 aromatic rings. The Morgan fingerprint density at radius 2 is 1.79 bits per heavy atom. The van der Waals surface area contributed by atoms with E-state index in [0.717, 1.165) is 18.4 Å². The van der Waals surface area contributed by atoms with Crippen molar-refractivity contribution in [2.75, 3.05) is 11.9 Å². The number of nitrogens with zero attached hydrogens (tertiary/aromatic N) is 1. The van der Waals surface area contributed by atoms with Crippen LogP contribution in [0.15, 0.2) is 42.5 Å². The number of fused-ring (bicyclic) bond motifs is 1. The molecule has 2 heteroatoms. The van der Waals surface area contributed by atoms with Crippen LogP contribution in [0.2, 0.25) is 0 Å². The third kappa shape index (κ3) is 3.80. The highest BCUT2D eigenvalue weighted by Crippen LogP contribution is 2.20. The molecular weight excluding hydrogens is 298 g/mol. The van der Waals surface area contributed by atoms with Gasteiger partial charge in [-0.3, -0.25) is 4.90 Å². The van der Waals surface area contributed by atoms with Crippen LogP contribution in [0.1, 0.15) is 25.8 Å². The molecule has 0 radical (unpaired) electrons. The van der Waals surface area contributed by atoms with Gasteiger partial charge in [-0.2, -0.15) is 0 Å². The molecular formula is C17H22BrN. The molecule has 0 amide bonds. The van der Waals surface area contributed by atoms with E-state index in [1.807, 2.05) is 0 Å². The number of rotatable bonds is 6. The smallest absolute Gasteiger partial charge is 0.0242 e. The fourth-order valence-electron chi connectivity index (χ4n) is 2.43. The van der Waals surface area contributed by atoms with E-state index in [9.17, 15) is 0 Å². The van der Waals surface area contributed by atoms with Crippen molar-refractivity contribution in [1.29, 1.82) is 0 Å². The van der Waals surface area contributed by atoms with Gasteiger partial charge in [0.1, 0.15) is 0 Å². The number of benzene rings is 2. The minimum Gasteiger partial charge on any atom is -0.297 e. The third-order valence-corrected chi connectivity index (χ3v) is 4.12. The predicted molar refractivity (Wildman–Crippen MR) is 87.9 cm³/mol. The van der Waals surface area contributed by atoms with Gasteiger partial charge in [-0.15, -0.1) is 0 Å². The van der Waals surface area contributed by atoms with Crippen LogP contribution >= 0.6 is 15.9 Å². The quantitative estimate of drug-likeness (QED) is 0.689. The van der Waals surface area contributed by atoms with E-state index in [0.29, 0.717) is 6.04 Å². The molecule has 0 heterocycles. The van der Waals surface area contributed by atoms with Crippen LogP contribution in [0, 0.1) is 0 Å². The van der Waals surface area contributed by atoms with Crippen LogP contribution in [0.5, 0.6) is 0 Å². The maximum atomic E-state index is 3.53. The van der Waals surface area contributed by atoms with Crippen molar-refractivity contribution in [2.45, 2.75) is 32.9 Å². The van der Waals surface area contributed by atoms with Gasteiger partial charge >= 0.3 is 0 Å². The molecule has 0 aromatic heterocycles. The van der Waals surface area contributed by atoms with E-state index in [1.54, 1.807) is 0 Å². The Balaban J connectivity index is 2.23. The second-order valence-electron chi connectivity index (χ2n) is 5.25. The Labute approximate surface area is 124 Å². The summed E-state index contributed by atoms with van der Waals surface area (Å²) in [6.45, 7) is 6.73. The van der Waals surface area contributed by atoms with Crippen LogP contribution in [-0.4, -0.2) is 22.8 Å². The lowest BCUT2D eigenvalue weighted by molar-refractivity contribution is 0.215. The summed E-state index contributed by atoms with van der Waals surface area (Å²) in [5, 5.41) is 3.80. The van der Waals surface area contributed by atoms with E-state index in [1.165, 1.54) is 22.8 Å². The Morgan fingerprint density at radius 1 is 1.05 bits per heavy atom. The average Bonchev–Trinajstić information content (AvgIpc) is 2.43. The molecule has 0 aliphatic heterocycles. The molecule has 0 fully saturated rings. The first-order valence-corrected chi connectivity index (χ1v) is 8.11. The zero-order chi connectivity index (χ0) is 13.7. The van der Waals surface area contributed by atoms with Gasteiger partial charge in [0.25, 0.3) is 0 Å². The number of hydrogen-bond acceptors (Lipinski definition) is 1. The highest BCUT2D eigenvalue weighted by Gasteiger charge is 2.11. The van der Waals surface area contributed by atoms with Gasteiger partial charge in [0, 0.05) is 17.9 Å². The third-order valence-electron chi connectivity index (χ3n) is 3.56. The monoisotopic (exact) mass is 319 g/mol. The first-order chi connectivity index (χ1) is 9.22. The van der Waals surface area contributed by atoms with Crippen molar-refractivity contribution in [1.82, 2.24) is 4.90 Å². The Hall–Kier alpha value is -0.860. The molecule has 2 rings (SSSR count). The summed E-state index contributed by atoms with van der Waals surface area (Å²) in [5.74, 6) is 0. The van der Waals surface area contributed by atoms with Gasteiger partial charge in [-0.05, 0) is 43.1 Å². The fraction of sp³-hybridized carbons (Fsp3) is 0.412. The normalized spacial score (nSPS) is 11.6. The van der Waals surface area contributed by atoms with Crippen molar-refractivity contribution in [3.05, 3.63) is 48.0 Å². The lowest BCUT2D eigenvalue weighted by atomic mass is 10.0. The van der Waals surface area contributed by atoms with Gasteiger partial charge in [0.2, 0.25) is 0 Å². The predicted octanol–water partition coefficient (Wildman–Crippen LogP) is 4.84. The molecule has 0 bridgehead atoms. The Bertz CT molecular complexity index is 516. The average molecular weight is 320 g/mol. The fourth-order valence-corrected chi connectivity index (χ4v) is 2.68. The zero-order valence-corrected chi connectivity index (χ0v) is 13.4. The Morgan fingerprint density at radius 3 is 2.53 bits per heavy atom. The van der Waals surface area contributed by atoms with Crippen LogP contribution in [0.25, 0.3) is 10.8 Å². The molecule has 0 saturated heterocycles. The molecule has 0 saturated carbocycles. The lowest BCUT2D eigenvalue weighted by Gasteiger charge is -2.26. The maximum absolute atomic E-state index is 3.53. The first kappa shape index (κ1) is 14.5. The summed E-state index contributed by atoms with van der Waals surface area (Å²) in [6, 6.07) is 15.9. The van der Waals surface area contributed by atoms with Crippen molar-refractivity contribution >= 4 is 26.7 Å². The van der Waals surface area contributed by atoms with Crippen LogP contribution in [0.3, 0.4) is 0 Å². The standard InChI is InChI=1S/C17H22BrN/c1-14(2)19(12-6-11-18)13-16-9-5-8-15-7-3-4-10-17(15)16/h3-5,7-10,14H,6,11-13H2,1-2H3. The van der Waals surface area contributed by atoms with Crippen molar-refractivity contribution < 1.29 is 0 Å². The number of alkyl halides is 1. The summed E-state index contributed by atoms with van der Waals surface area (Å²) in [5.41, 5.74) is 1.43. The first-order valence-electron chi connectivity index (χ1n) is 6.99. The van der Waals surface area contributed by atoms with Gasteiger partial charge in [0.15, 0.2) is 0 Å². The molecule has 0 aliphatic rings. The van der Waals surface area contributed by atoms with E-state index >= 15 is 0 Å². The molecule has 2 aromatic carbocycles. The highest BCUT2D eigenvalue weighted by molar-refractivity contribution is 9.09. The minimum absolute atomic E-state index is 0.581. The summed E-state index contributed by atoms with van der Waals surface area (Å²) < 4.78 is 0. The SMILES string of the molecule is CC(C)N(CCCBr)Cc1cccc2ccccc12.